The molecule has 1 saturated carbocycles. The molecule has 6 heavy (non-hydrogen) atoms. The molecule has 0 aromatic rings. The number of hydrogen-bond acceptors (Lipinski definition) is 1. The Hall–Kier alpha value is 0.250. The van der Waals surface area contributed by atoms with Gasteiger partial charge in [-0.3, -0.25) is 0 Å². The van der Waals surface area contributed by atoms with Crippen LogP contribution >= 0.6 is 11.8 Å². The van der Waals surface area contributed by atoms with Gasteiger partial charge in [0, 0.05) is 6.54 Å². The zero-order valence-corrected chi connectivity index (χ0v) is 4.33. The third kappa shape index (κ3) is 1.15. The summed E-state index contributed by atoms with van der Waals surface area (Å²) in [6.45, 7) is 1.00. The predicted molar refractivity (Wildman–Crippen MR) is 26.6 cm³/mol. The summed E-state index contributed by atoms with van der Waals surface area (Å²) >= 11 is 5.19. The number of hydrogen-bond donors (Lipinski definition) is 1. The Bertz CT molecular complexity index is 42.8. The van der Waals surface area contributed by atoms with Crippen molar-refractivity contribution in [2.45, 2.75) is 12.8 Å². The maximum atomic E-state index is 5.19. The van der Waals surface area contributed by atoms with Gasteiger partial charge in [0.25, 0.3) is 0 Å². The Morgan fingerprint density at radius 1 is 1.67 bits per heavy atom. The Morgan fingerprint density at radius 2 is 2.33 bits per heavy atom. The van der Waals surface area contributed by atoms with Crippen molar-refractivity contribution in [1.82, 2.24) is 4.84 Å². The Balaban J connectivity index is 1.88. The molecule has 1 rings (SSSR count). The van der Waals surface area contributed by atoms with E-state index in [2.05, 4.69) is 4.84 Å². The predicted octanol–water partition coefficient (Wildman–Crippen LogP) is 1.14. The zero-order chi connectivity index (χ0) is 4.41. The van der Waals surface area contributed by atoms with Gasteiger partial charge in [-0.15, -0.1) is 0 Å². The topological polar surface area (TPSA) is 12.0 Å². The quantitative estimate of drug-likeness (QED) is 0.520. The van der Waals surface area contributed by atoms with Crippen LogP contribution in [-0.2, 0) is 0 Å². The standard InChI is InChI=1S/C4H8ClN/c5-6-3-4-1-2-4/h4,6H,1-3H2. The van der Waals surface area contributed by atoms with Gasteiger partial charge in [0.05, 0.1) is 0 Å². The van der Waals surface area contributed by atoms with E-state index in [1.807, 2.05) is 0 Å². The summed E-state index contributed by atoms with van der Waals surface area (Å²) in [6, 6.07) is 0. The molecule has 0 spiro atoms. The van der Waals surface area contributed by atoms with Crippen LogP contribution in [-0.4, -0.2) is 6.54 Å². The largest absolute Gasteiger partial charge is 0.233 e. The fourth-order valence-electron chi connectivity index (χ4n) is 0.431. The Morgan fingerprint density at radius 3 is 2.50 bits per heavy atom. The summed E-state index contributed by atoms with van der Waals surface area (Å²) in [6.07, 6.45) is 2.75. The number of nitrogens with one attached hydrogen (secondary N) is 1. The van der Waals surface area contributed by atoms with Crippen molar-refractivity contribution in [3.8, 4) is 0 Å². The molecule has 0 aliphatic heterocycles. The molecule has 1 N–H and O–H groups in total. The highest BCUT2D eigenvalue weighted by molar-refractivity contribution is 6.13. The van der Waals surface area contributed by atoms with Crippen LogP contribution in [0.2, 0.25) is 0 Å². The molecule has 0 amide bonds. The Kier molecular flexibility index (Phi) is 1.33. The lowest BCUT2D eigenvalue weighted by Crippen LogP contribution is -2.01. The molecule has 0 bridgehead atoms. The van der Waals surface area contributed by atoms with Crippen LogP contribution in [0.1, 0.15) is 12.8 Å². The highest BCUT2D eigenvalue weighted by atomic mass is 35.5. The minimum Gasteiger partial charge on any atom is -0.233 e. The monoisotopic (exact) mass is 105 g/mol. The van der Waals surface area contributed by atoms with E-state index in [9.17, 15) is 0 Å². The smallest absolute Gasteiger partial charge is 0.0136 e. The minimum absolute atomic E-state index is 0.905. The molecule has 0 aromatic heterocycles. The van der Waals surface area contributed by atoms with E-state index in [0.29, 0.717) is 0 Å². The maximum absolute atomic E-state index is 5.19. The van der Waals surface area contributed by atoms with Crippen molar-refractivity contribution >= 4 is 11.8 Å². The average molecular weight is 106 g/mol. The van der Waals surface area contributed by atoms with Crippen LogP contribution in [0, 0.1) is 5.92 Å². The number of rotatable bonds is 2. The molecule has 1 aliphatic carbocycles. The van der Waals surface area contributed by atoms with Crippen LogP contribution in [0.15, 0.2) is 0 Å². The summed E-state index contributed by atoms with van der Waals surface area (Å²) in [7, 11) is 0. The van der Waals surface area contributed by atoms with E-state index < -0.39 is 0 Å². The van der Waals surface area contributed by atoms with Crippen molar-refractivity contribution in [3.63, 3.8) is 0 Å². The van der Waals surface area contributed by atoms with E-state index in [1.165, 1.54) is 12.8 Å². The van der Waals surface area contributed by atoms with Gasteiger partial charge >= 0.3 is 0 Å². The fraction of sp³-hybridized carbons (Fsp3) is 1.00. The molecular formula is C4H8ClN. The molecule has 1 aliphatic rings. The fourth-order valence-corrected chi connectivity index (χ4v) is 0.649. The van der Waals surface area contributed by atoms with Gasteiger partial charge in [-0.2, -0.15) is 0 Å². The van der Waals surface area contributed by atoms with E-state index in [-0.39, 0.29) is 0 Å². The minimum atomic E-state index is 0.905. The lowest BCUT2D eigenvalue weighted by Gasteiger charge is -1.84. The first-order valence-corrected chi connectivity index (χ1v) is 2.65. The zero-order valence-electron chi connectivity index (χ0n) is 3.58. The van der Waals surface area contributed by atoms with Crippen LogP contribution in [0.4, 0.5) is 0 Å². The van der Waals surface area contributed by atoms with E-state index >= 15 is 0 Å². The van der Waals surface area contributed by atoms with Crippen molar-refractivity contribution in [2.75, 3.05) is 6.54 Å². The van der Waals surface area contributed by atoms with E-state index in [4.69, 9.17) is 11.8 Å². The van der Waals surface area contributed by atoms with Gasteiger partial charge in [0.2, 0.25) is 0 Å². The second kappa shape index (κ2) is 1.80. The highest BCUT2D eigenvalue weighted by Crippen LogP contribution is 2.27. The SMILES string of the molecule is ClNCC1CC1. The summed E-state index contributed by atoms with van der Waals surface area (Å²) in [5, 5.41) is 0. The van der Waals surface area contributed by atoms with Crippen molar-refractivity contribution < 1.29 is 0 Å². The summed E-state index contributed by atoms with van der Waals surface area (Å²) in [4.78, 5) is 2.60. The van der Waals surface area contributed by atoms with Gasteiger partial charge < -0.3 is 0 Å². The second-order valence-corrected chi connectivity index (χ2v) is 2.05. The van der Waals surface area contributed by atoms with E-state index in [1.54, 1.807) is 0 Å². The summed E-state index contributed by atoms with van der Waals surface area (Å²) in [5.41, 5.74) is 0. The van der Waals surface area contributed by atoms with Crippen LogP contribution in [0.3, 0.4) is 0 Å². The third-order valence-electron chi connectivity index (χ3n) is 1.06. The van der Waals surface area contributed by atoms with Crippen LogP contribution < -0.4 is 4.84 Å². The lowest BCUT2D eigenvalue weighted by molar-refractivity contribution is 0.795. The van der Waals surface area contributed by atoms with Gasteiger partial charge in [0.15, 0.2) is 0 Å². The highest BCUT2D eigenvalue weighted by Gasteiger charge is 2.19. The van der Waals surface area contributed by atoms with Crippen LogP contribution in [0.25, 0.3) is 0 Å². The first-order chi connectivity index (χ1) is 2.93. The van der Waals surface area contributed by atoms with Gasteiger partial charge in [-0.05, 0) is 30.5 Å². The Labute approximate surface area is 42.8 Å². The number of halogens is 1. The molecule has 0 radical (unpaired) electrons. The molecule has 0 saturated heterocycles. The van der Waals surface area contributed by atoms with Crippen molar-refractivity contribution in [1.29, 1.82) is 0 Å². The van der Waals surface area contributed by atoms with Crippen LogP contribution in [0.5, 0.6) is 0 Å². The van der Waals surface area contributed by atoms with E-state index in [0.717, 1.165) is 12.5 Å². The molecule has 0 aromatic carbocycles. The van der Waals surface area contributed by atoms with Crippen molar-refractivity contribution in [3.05, 3.63) is 0 Å². The van der Waals surface area contributed by atoms with Gasteiger partial charge in [0.1, 0.15) is 0 Å². The normalized spacial score (nSPS) is 21.5. The second-order valence-electron chi connectivity index (χ2n) is 1.78. The molecule has 0 atom stereocenters. The third-order valence-corrected chi connectivity index (χ3v) is 1.22. The molecule has 2 heteroatoms. The summed E-state index contributed by atoms with van der Waals surface area (Å²) < 4.78 is 0. The summed E-state index contributed by atoms with van der Waals surface area (Å²) in [5.74, 6) is 0.905. The maximum Gasteiger partial charge on any atom is 0.0136 e. The first-order valence-electron chi connectivity index (χ1n) is 2.27. The molecule has 0 heterocycles. The molecule has 1 nitrogen and oxygen atoms in total. The average Bonchev–Trinajstić information content (AvgIpc) is 2.21. The van der Waals surface area contributed by atoms with Gasteiger partial charge in [-0.25, -0.2) is 4.84 Å². The molecule has 0 unspecified atom stereocenters. The molecule has 1 fully saturated rings. The first kappa shape index (κ1) is 4.41. The van der Waals surface area contributed by atoms with Gasteiger partial charge in [-0.1, -0.05) is 0 Å². The van der Waals surface area contributed by atoms with Crippen molar-refractivity contribution in [2.24, 2.45) is 5.92 Å². The molecular weight excluding hydrogens is 97.5 g/mol. The molecule has 36 valence electrons. The lowest BCUT2D eigenvalue weighted by atomic mass is 10.4.